The van der Waals surface area contributed by atoms with E-state index in [1.54, 1.807) is 12.1 Å². The normalized spacial score (nSPS) is 10.8. The maximum Gasteiger partial charge on any atom is 0.139 e. The van der Waals surface area contributed by atoms with Gasteiger partial charge in [0.2, 0.25) is 0 Å². The largest absolute Gasteiger partial charge is 0.349 e. The second kappa shape index (κ2) is 7.35. The van der Waals surface area contributed by atoms with Crippen molar-refractivity contribution in [3.8, 4) is 11.8 Å². The number of nitrogens with zero attached hydrogens (tertiary/aromatic N) is 1. The van der Waals surface area contributed by atoms with Gasteiger partial charge in [-0.15, -0.1) is 0 Å². The molecule has 0 aliphatic rings. The molecule has 0 saturated heterocycles. The van der Waals surface area contributed by atoms with Gasteiger partial charge in [-0.1, -0.05) is 43.4 Å². The van der Waals surface area contributed by atoms with E-state index < -0.39 is 0 Å². The van der Waals surface area contributed by atoms with Crippen molar-refractivity contribution in [1.82, 2.24) is 4.57 Å². The number of aromatic nitrogens is 1. The first-order valence-corrected chi connectivity index (χ1v) is 8.80. The van der Waals surface area contributed by atoms with Gasteiger partial charge in [-0.25, -0.2) is 4.39 Å². The molecule has 0 atom stereocenters. The molecule has 3 rings (SSSR count). The van der Waals surface area contributed by atoms with Crippen molar-refractivity contribution in [2.75, 3.05) is 0 Å². The quantitative estimate of drug-likeness (QED) is 0.587. The summed E-state index contributed by atoms with van der Waals surface area (Å²) >= 11 is 6.33. The van der Waals surface area contributed by atoms with Crippen molar-refractivity contribution in [3.63, 3.8) is 0 Å². The van der Waals surface area contributed by atoms with E-state index in [0.29, 0.717) is 17.0 Å². The van der Waals surface area contributed by atoms with Gasteiger partial charge in [0.15, 0.2) is 0 Å². The molecule has 0 N–H and O–H groups in total. The van der Waals surface area contributed by atoms with Gasteiger partial charge in [0, 0.05) is 36.5 Å². The lowest BCUT2D eigenvalue weighted by Gasteiger charge is -2.05. The molecule has 0 spiro atoms. The number of aryl methyl sites for hydroxylation is 1. The molecular weight excluding hydrogens is 349 g/mol. The van der Waals surface area contributed by atoms with Crippen LogP contribution in [-0.4, -0.2) is 10.4 Å². The van der Waals surface area contributed by atoms with Crippen molar-refractivity contribution in [3.05, 3.63) is 70.1 Å². The Morgan fingerprint density at radius 1 is 1.15 bits per heavy atom. The molecule has 0 saturated carbocycles. The zero-order valence-corrected chi connectivity index (χ0v) is 15.7. The highest BCUT2D eigenvalue weighted by Crippen LogP contribution is 2.22. The van der Waals surface area contributed by atoms with E-state index in [1.165, 1.54) is 12.1 Å². The van der Waals surface area contributed by atoms with Gasteiger partial charge in [0.25, 0.3) is 0 Å². The summed E-state index contributed by atoms with van der Waals surface area (Å²) in [6.07, 6.45) is 2.25. The Kier molecular flexibility index (Phi) is 5.15. The summed E-state index contributed by atoms with van der Waals surface area (Å²) in [5, 5.41) is 1.43. The number of carbonyl (C=O) groups is 1. The summed E-state index contributed by atoms with van der Waals surface area (Å²) in [6, 6.07) is 10.2. The van der Waals surface area contributed by atoms with Gasteiger partial charge in [0.1, 0.15) is 11.6 Å². The Bertz CT molecular complexity index is 1050. The molecule has 0 aliphatic carbocycles. The third kappa shape index (κ3) is 3.81. The van der Waals surface area contributed by atoms with Gasteiger partial charge in [-0.3, -0.25) is 4.79 Å². The highest BCUT2D eigenvalue weighted by Gasteiger charge is 2.10. The standard InChI is InChI=1S/C22H19ClFNO/c1-14(2)22(26)11-15-4-5-16(20(23)10-15)6-7-17-13-25(3)21-12-18(24)8-9-19(17)21/h4-5,8-10,12-14H,11H2,1-3H3. The van der Waals surface area contributed by atoms with Crippen LogP contribution in [0.15, 0.2) is 42.6 Å². The van der Waals surface area contributed by atoms with Crippen LogP contribution in [0, 0.1) is 23.6 Å². The van der Waals surface area contributed by atoms with E-state index in [-0.39, 0.29) is 17.5 Å². The number of hydrogen-bond donors (Lipinski definition) is 0. The van der Waals surface area contributed by atoms with Crippen molar-refractivity contribution in [2.24, 2.45) is 13.0 Å². The first kappa shape index (κ1) is 18.2. The van der Waals surface area contributed by atoms with E-state index in [0.717, 1.165) is 22.0 Å². The molecular formula is C22H19ClFNO. The number of halogens is 2. The highest BCUT2D eigenvalue weighted by atomic mass is 35.5. The average molecular weight is 368 g/mol. The lowest BCUT2D eigenvalue weighted by atomic mass is 10.0. The van der Waals surface area contributed by atoms with Crippen LogP contribution in [0.3, 0.4) is 0 Å². The number of ketones is 1. The fourth-order valence-electron chi connectivity index (χ4n) is 2.77. The number of hydrogen-bond acceptors (Lipinski definition) is 1. The third-order valence-electron chi connectivity index (χ3n) is 4.34. The predicted molar refractivity (Wildman–Crippen MR) is 104 cm³/mol. The number of benzene rings is 2. The highest BCUT2D eigenvalue weighted by molar-refractivity contribution is 6.31. The SMILES string of the molecule is CC(C)C(=O)Cc1ccc(C#Cc2cn(C)c3cc(F)ccc23)c(Cl)c1. The minimum absolute atomic E-state index is 0.00411. The van der Waals surface area contributed by atoms with Crippen molar-refractivity contribution in [2.45, 2.75) is 20.3 Å². The lowest BCUT2D eigenvalue weighted by molar-refractivity contribution is -0.121. The van der Waals surface area contributed by atoms with Gasteiger partial charge in [-0.2, -0.15) is 0 Å². The number of fused-ring (bicyclic) bond motifs is 1. The first-order valence-electron chi connectivity index (χ1n) is 8.43. The molecule has 2 nitrogen and oxygen atoms in total. The van der Waals surface area contributed by atoms with Crippen LogP contribution in [-0.2, 0) is 18.3 Å². The Labute approximate surface area is 157 Å². The van der Waals surface area contributed by atoms with Crippen LogP contribution >= 0.6 is 11.6 Å². The summed E-state index contributed by atoms with van der Waals surface area (Å²) in [5.41, 5.74) is 3.20. The average Bonchev–Trinajstić information content (AvgIpc) is 2.89. The Morgan fingerprint density at radius 3 is 2.58 bits per heavy atom. The van der Waals surface area contributed by atoms with Gasteiger partial charge in [0.05, 0.1) is 16.1 Å². The van der Waals surface area contributed by atoms with Crippen LogP contribution < -0.4 is 0 Å². The van der Waals surface area contributed by atoms with Crippen LogP contribution in [0.4, 0.5) is 4.39 Å². The van der Waals surface area contributed by atoms with Gasteiger partial charge < -0.3 is 4.57 Å². The monoisotopic (exact) mass is 367 g/mol. The van der Waals surface area contributed by atoms with E-state index in [2.05, 4.69) is 11.8 Å². The molecule has 1 heterocycles. The number of carbonyl (C=O) groups excluding carboxylic acids is 1. The van der Waals surface area contributed by atoms with Crippen LogP contribution in [0.1, 0.15) is 30.5 Å². The van der Waals surface area contributed by atoms with Crippen molar-refractivity contribution >= 4 is 28.3 Å². The van der Waals surface area contributed by atoms with Crippen LogP contribution in [0.5, 0.6) is 0 Å². The van der Waals surface area contributed by atoms with Gasteiger partial charge >= 0.3 is 0 Å². The molecule has 26 heavy (non-hydrogen) atoms. The van der Waals surface area contributed by atoms with Crippen LogP contribution in [0.25, 0.3) is 10.9 Å². The predicted octanol–water partition coefficient (Wildman–Crippen LogP) is 5.14. The van der Waals surface area contributed by atoms with Gasteiger partial charge in [-0.05, 0) is 35.9 Å². The molecule has 0 fully saturated rings. The lowest BCUT2D eigenvalue weighted by Crippen LogP contribution is -2.10. The Morgan fingerprint density at radius 2 is 1.88 bits per heavy atom. The molecule has 0 amide bonds. The second-order valence-electron chi connectivity index (χ2n) is 6.68. The molecule has 0 unspecified atom stereocenters. The second-order valence-corrected chi connectivity index (χ2v) is 7.08. The van der Waals surface area contributed by atoms with E-state index in [1.807, 2.05) is 43.8 Å². The summed E-state index contributed by atoms with van der Waals surface area (Å²) in [4.78, 5) is 11.9. The fraction of sp³-hybridized carbons (Fsp3) is 0.227. The van der Waals surface area contributed by atoms with E-state index >= 15 is 0 Å². The zero-order valence-electron chi connectivity index (χ0n) is 14.9. The number of rotatable bonds is 3. The maximum atomic E-state index is 13.4. The topological polar surface area (TPSA) is 22.0 Å². The third-order valence-corrected chi connectivity index (χ3v) is 4.65. The summed E-state index contributed by atoms with van der Waals surface area (Å²) in [5.74, 6) is 6.11. The molecule has 1 aromatic heterocycles. The summed E-state index contributed by atoms with van der Waals surface area (Å²) < 4.78 is 15.3. The molecule has 2 aromatic carbocycles. The van der Waals surface area contributed by atoms with Crippen molar-refractivity contribution < 1.29 is 9.18 Å². The summed E-state index contributed by atoms with van der Waals surface area (Å²) in [6.45, 7) is 3.78. The number of Topliss-reactive ketones (excluding diaryl/α,β-unsaturated/α-hetero) is 1. The zero-order chi connectivity index (χ0) is 18.8. The Hall–Kier alpha value is -2.57. The van der Waals surface area contributed by atoms with Crippen molar-refractivity contribution in [1.29, 1.82) is 0 Å². The minimum atomic E-state index is -0.271. The Balaban J connectivity index is 1.90. The molecule has 0 bridgehead atoms. The van der Waals surface area contributed by atoms with Crippen LogP contribution in [0.2, 0.25) is 5.02 Å². The summed E-state index contributed by atoms with van der Waals surface area (Å²) in [7, 11) is 1.86. The first-order chi connectivity index (χ1) is 12.3. The van der Waals surface area contributed by atoms with E-state index in [9.17, 15) is 9.18 Å². The smallest absolute Gasteiger partial charge is 0.139 e. The maximum absolute atomic E-state index is 13.4. The fourth-order valence-corrected chi connectivity index (χ4v) is 3.02. The minimum Gasteiger partial charge on any atom is -0.349 e. The molecule has 0 aliphatic heterocycles. The molecule has 4 heteroatoms. The molecule has 132 valence electrons. The molecule has 3 aromatic rings. The molecule has 0 radical (unpaired) electrons. The van der Waals surface area contributed by atoms with E-state index in [4.69, 9.17) is 11.6 Å².